The quantitative estimate of drug-likeness (QED) is 0.361. The molecule has 0 bridgehead atoms. The maximum absolute atomic E-state index is 13.6. The Labute approximate surface area is 218 Å². The number of benzene rings is 3. The van der Waals surface area contributed by atoms with Crippen molar-refractivity contribution in [2.24, 2.45) is 0 Å². The molecule has 0 aliphatic rings. The molecule has 0 aliphatic heterocycles. The van der Waals surface area contributed by atoms with E-state index in [1.807, 2.05) is 68.4 Å². The maximum atomic E-state index is 13.6. The number of halogens is 1. The number of nitrogens with one attached hydrogen (secondary N) is 1. The average molecular weight is 509 g/mol. The number of hydrogen-bond acceptors (Lipinski definition) is 4. The largest absolute Gasteiger partial charge is 0.497 e. The first-order valence-corrected chi connectivity index (χ1v) is 12.4. The Bertz CT molecular complexity index is 1120. The number of hydrogen-bond donors (Lipinski definition) is 1. The van der Waals surface area contributed by atoms with Gasteiger partial charge in [-0.3, -0.25) is 9.59 Å². The van der Waals surface area contributed by atoms with E-state index in [0.717, 1.165) is 17.5 Å². The number of ether oxygens (including phenoxy) is 2. The van der Waals surface area contributed by atoms with Gasteiger partial charge in [-0.25, -0.2) is 0 Å². The third-order valence-electron chi connectivity index (χ3n) is 5.94. The van der Waals surface area contributed by atoms with Crippen LogP contribution in [0.1, 0.15) is 31.4 Å². The summed E-state index contributed by atoms with van der Waals surface area (Å²) in [7, 11) is 1.60. The van der Waals surface area contributed by atoms with Crippen LogP contribution in [0.25, 0.3) is 0 Å². The van der Waals surface area contributed by atoms with Gasteiger partial charge < -0.3 is 19.7 Å². The lowest BCUT2D eigenvalue weighted by atomic mass is 10.0. The van der Waals surface area contributed by atoms with E-state index in [0.29, 0.717) is 22.9 Å². The minimum Gasteiger partial charge on any atom is -0.497 e. The van der Waals surface area contributed by atoms with Crippen molar-refractivity contribution in [3.8, 4) is 11.5 Å². The molecule has 0 heterocycles. The Morgan fingerprint density at radius 3 is 2.31 bits per heavy atom. The first-order valence-electron chi connectivity index (χ1n) is 12.0. The van der Waals surface area contributed by atoms with E-state index < -0.39 is 6.04 Å². The van der Waals surface area contributed by atoms with Crippen molar-refractivity contribution in [2.45, 2.75) is 45.3 Å². The van der Waals surface area contributed by atoms with Gasteiger partial charge in [0.05, 0.1) is 7.11 Å². The number of carbonyl (C=O) groups is 2. The fourth-order valence-corrected chi connectivity index (χ4v) is 3.85. The molecule has 0 fully saturated rings. The Balaban J connectivity index is 1.92. The Morgan fingerprint density at radius 1 is 0.944 bits per heavy atom. The van der Waals surface area contributed by atoms with Gasteiger partial charge in [-0.15, -0.1) is 0 Å². The van der Waals surface area contributed by atoms with E-state index in [4.69, 9.17) is 21.1 Å². The summed E-state index contributed by atoms with van der Waals surface area (Å²) in [5.74, 6) is 0.711. The molecule has 36 heavy (non-hydrogen) atoms. The van der Waals surface area contributed by atoms with Crippen molar-refractivity contribution < 1.29 is 19.1 Å². The summed E-state index contributed by atoms with van der Waals surface area (Å²) in [6.07, 6.45) is 1.16. The zero-order valence-corrected chi connectivity index (χ0v) is 21.7. The molecule has 1 N–H and O–H groups in total. The molecule has 2 atom stereocenters. The molecule has 0 saturated carbocycles. The van der Waals surface area contributed by atoms with E-state index in [9.17, 15) is 9.59 Å². The average Bonchev–Trinajstić information content (AvgIpc) is 2.90. The zero-order chi connectivity index (χ0) is 25.9. The summed E-state index contributed by atoms with van der Waals surface area (Å²) in [6, 6.07) is 23.3. The fourth-order valence-electron chi connectivity index (χ4n) is 3.72. The molecule has 3 aromatic rings. The van der Waals surface area contributed by atoms with Crippen LogP contribution in [-0.4, -0.2) is 42.5 Å². The number of nitrogens with zero attached hydrogens (tertiary/aromatic N) is 1. The molecule has 3 aromatic carbocycles. The molecule has 0 spiro atoms. The highest BCUT2D eigenvalue weighted by Crippen LogP contribution is 2.20. The van der Waals surface area contributed by atoms with Gasteiger partial charge in [0.15, 0.2) is 6.61 Å². The minimum atomic E-state index is -0.728. The zero-order valence-electron chi connectivity index (χ0n) is 20.9. The van der Waals surface area contributed by atoms with Crippen molar-refractivity contribution in [1.29, 1.82) is 0 Å². The lowest BCUT2D eigenvalue weighted by Crippen LogP contribution is -2.53. The monoisotopic (exact) mass is 508 g/mol. The van der Waals surface area contributed by atoms with E-state index in [2.05, 4.69) is 5.32 Å². The second-order valence-electron chi connectivity index (χ2n) is 8.64. The Morgan fingerprint density at radius 2 is 1.64 bits per heavy atom. The molecule has 7 heteroatoms. The second kappa shape index (κ2) is 13.5. The van der Waals surface area contributed by atoms with Gasteiger partial charge in [-0.2, -0.15) is 0 Å². The number of rotatable bonds is 12. The number of methoxy groups -OCH3 is 1. The van der Waals surface area contributed by atoms with Crippen molar-refractivity contribution in [3.05, 3.63) is 95.0 Å². The van der Waals surface area contributed by atoms with Crippen molar-refractivity contribution >= 4 is 23.4 Å². The van der Waals surface area contributed by atoms with Crippen LogP contribution in [0.15, 0.2) is 78.9 Å². The molecule has 0 aliphatic carbocycles. The van der Waals surface area contributed by atoms with Crippen LogP contribution in [0.2, 0.25) is 5.02 Å². The van der Waals surface area contributed by atoms with E-state index in [-0.39, 0.29) is 31.0 Å². The Kier molecular flexibility index (Phi) is 10.2. The summed E-state index contributed by atoms with van der Waals surface area (Å²) >= 11 is 5.96. The third-order valence-corrected chi connectivity index (χ3v) is 6.19. The smallest absolute Gasteiger partial charge is 0.261 e. The third kappa shape index (κ3) is 8.02. The van der Waals surface area contributed by atoms with Crippen LogP contribution in [-0.2, 0) is 22.6 Å². The van der Waals surface area contributed by atoms with Crippen molar-refractivity contribution in [1.82, 2.24) is 10.2 Å². The van der Waals surface area contributed by atoms with Crippen LogP contribution >= 0.6 is 11.6 Å². The SMILES string of the molecule is CC[C@@H](C)NC(=O)[C@@H](Cc1ccccc1)N(Cc1cccc(OC)c1)C(=O)COc1ccc(Cl)cc1. The number of amides is 2. The van der Waals surface area contributed by atoms with E-state index in [1.165, 1.54) is 0 Å². The topological polar surface area (TPSA) is 67.9 Å². The van der Waals surface area contributed by atoms with Gasteiger partial charge in [0, 0.05) is 24.0 Å². The van der Waals surface area contributed by atoms with Gasteiger partial charge in [0.25, 0.3) is 5.91 Å². The van der Waals surface area contributed by atoms with Gasteiger partial charge in [-0.05, 0) is 60.9 Å². The van der Waals surface area contributed by atoms with Crippen molar-refractivity contribution in [2.75, 3.05) is 13.7 Å². The minimum absolute atomic E-state index is 0.0186. The normalized spacial score (nSPS) is 12.3. The first kappa shape index (κ1) is 27.1. The molecule has 0 aromatic heterocycles. The summed E-state index contributed by atoms with van der Waals surface area (Å²) in [5.41, 5.74) is 1.81. The molecule has 0 saturated heterocycles. The molecule has 6 nitrogen and oxygen atoms in total. The second-order valence-corrected chi connectivity index (χ2v) is 9.08. The lowest BCUT2D eigenvalue weighted by molar-refractivity contribution is -0.143. The summed E-state index contributed by atoms with van der Waals surface area (Å²) in [4.78, 5) is 28.7. The van der Waals surface area contributed by atoms with Gasteiger partial charge >= 0.3 is 0 Å². The summed E-state index contributed by atoms with van der Waals surface area (Å²) < 4.78 is 11.1. The predicted octanol–water partition coefficient (Wildman–Crippen LogP) is 5.28. The Hall–Kier alpha value is -3.51. The molecule has 0 unspecified atom stereocenters. The number of carbonyl (C=O) groups excluding carboxylic acids is 2. The first-order chi connectivity index (χ1) is 17.4. The van der Waals surface area contributed by atoms with Crippen molar-refractivity contribution in [3.63, 3.8) is 0 Å². The predicted molar refractivity (Wildman–Crippen MR) is 142 cm³/mol. The van der Waals surface area contributed by atoms with Crippen LogP contribution < -0.4 is 14.8 Å². The van der Waals surface area contributed by atoms with Gasteiger partial charge in [0.1, 0.15) is 17.5 Å². The molecule has 2 amide bonds. The summed E-state index contributed by atoms with van der Waals surface area (Å²) in [5, 5.41) is 3.64. The standard InChI is InChI=1S/C29H33ClN2O4/c1-4-21(2)31-29(34)27(18-22-9-6-5-7-10-22)32(19-23-11-8-12-26(17-23)35-3)28(33)20-36-25-15-13-24(30)14-16-25/h5-17,21,27H,4,18-20H2,1-3H3,(H,31,34)/t21-,27-/m1/s1. The molecule has 0 radical (unpaired) electrons. The van der Waals surface area contributed by atoms with Crippen LogP contribution in [0.4, 0.5) is 0 Å². The van der Waals surface area contributed by atoms with E-state index in [1.54, 1.807) is 36.3 Å². The van der Waals surface area contributed by atoms with E-state index >= 15 is 0 Å². The molecule has 190 valence electrons. The highest BCUT2D eigenvalue weighted by atomic mass is 35.5. The van der Waals surface area contributed by atoms with Crippen LogP contribution in [0.5, 0.6) is 11.5 Å². The maximum Gasteiger partial charge on any atom is 0.261 e. The molecule has 3 rings (SSSR count). The molecular formula is C29H33ClN2O4. The van der Waals surface area contributed by atoms with Crippen LogP contribution in [0, 0.1) is 0 Å². The van der Waals surface area contributed by atoms with Gasteiger partial charge in [-0.1, -0.05) is 61.0 Å². The fraction of sp³-hybridized carbons (Fsp3) is 0.310. The highest BCUT2D eigenvalue weighted by Gasteiger charge is 2.31. The van der Waals surface area contributed by atoms with Gasteiger partial charge in [0.2, 0.25) is 5.91 Å². The highest BCUT2D eigenvalue weighted by molar-refractivity contribution is 6.30. The molecular weight excluding hydrogens is 476 g/mol. The summed E-state index contributed by atoms with van der Waals surface area (Å²) in [6.45, 7) is 3.98. The van der Waals surface area contributed by atoms with Crippen LogP contribution in [0.3, 0.4) is 0 Å². The lowest BCUT2D eigenvalue weighted by Gasteiger charge is -2.32.